The number of aliphatic carboxylic acids is 1. The van der Waals surface area contributed by atoms with Crippen molar-refractivity contribution in [1.82, 2.24) is 15.2 Å². The number of nitrogens with one attached hydrogen (secondary N) is 1. The molecule has 0 radical (unpaired) electrons. The number of hydrogen-bond donors (Lipinski definition) is 2. The Morgan fingerprint density at radius 1 is 1.58 bits per heavy atom. The van der Waals surface area contributed by atoms with Crippen LogP contribution in [0.15, 0.2) is 10.6 Å². The number of urea groups is 1. The molecule has 0 saturated carbocycles. The Morgan fingerprint density at radius 3 is 2.74 bits per heavy atom. The molecule has 19 heavy (non-hydrogen) atoms. The fraction of sp³-hybridized carbons (Fsp3) is 0.583. The van der Waals surface area contributed by atoms with Crippen LogP contribution < -0.4 is 5.32 Å². The van der Waals surface area contributed by atoms with Crippen LogP contribution in [0.2, 0.25) is 0 Å². The standard InChI is InChI=1S/C12H19N3O4/c1-4-8(2)15(7-11(16)17)12(18)14-6-10-13-5-9(3)19-10/h5,8H,4,6-7H2,1-3H3,(H,14,18)(H,16,17). The molecular formula is C12H19N3O4. The number of hydrogen-bond acceptors (Lipinski definition) is 4. The predicted molar refractivity (Wildman–Crippen MR) is 67.6 cm³/mol. The second-order valence-electron chi connectivity index (χ2n) is 4.30. The van der Waals surface area contributed by atoms with Gasteiger partial charge in [-0.05, 0) is 20.3 Å². The van der Waals surface area contributed by atoms with Gasteiger partial charge in [-0.1, -0.05) is 6.92 Å². The Kier molecular flexibility index (Phi) is 5.35. The van der Waals surface area contributed by atoms with Gasteiger partial charge in [-0.15, -0.1) is 0 Å². The summed E-state index contributed by atoms with van der Waals surface area (Å²) in [4.78, 5) is 27.9. The molecule has 1 atom stereocenters. The molecule has 2 N–H and O–H groups in total. The van der Waals surface area contributed by atoms with Crippen LogP contribution in [0, 0.1) is 6.92 Å². The summed E-state index contributed by atoms with van der Waals surface area (Å²) in [6.45, 7) is 5.26. The quantitative estimate of drug-likeness (QED) is 0.813. The average molecular weight is 269 g/mol. The van der Waals surface area contributed by atoms with Gasteiger partial charge >= 0.3 is 12.0 Å². The van der Waals surface area contributed by atoms with E-state index in [9.17, 15) is 9.59 Å². The summed E-state index contributed by atoms with van der Waals surface area (Å²) < 4.78 is 5.22. The van der Waals surface area contributed by atoms with Gasteiger partial charge in [0.25, 0.3) is 0 Å². The lowest BCUT2D eigenvalue weighted by Gasteiger charge is -2.26. The van der Waals surface area contributed by atoms with Crippen molar-refractivity contribution in [3.63, 3.8) is 0 Å². The highest BCUT2D eigenvalue weighted by molar-refractivity contribution is 5.80. The maximum absolute atomic E-state index is 11.9. The fourth-order valence-corrected chi connectivity index (χ4v) is 1.53. The summed E-state index contributed by atoms with van der Waals surface area (Å²) in [7, 11) is 0. The van der Waals surface area contributed by atoms with Crippen LogP contribution in [0.4, 0.5) is 4.79 Å². The maximum atomic E-state index is 11.9. The highest BCUT2D eigenvalue weighted by Crippen LogP contribution is 2.05. The molecule has 0 spiro atoms. The van der Waals surface area contributed by atoms with Gasteiger partial charge in [0.2, 0.25) is 5.89 Å². The highest BCUT2D eigenvalue weighted by atomic mass is 16.4. The monoisotopic (exact) mass is 269 g/mol. The Bertz CT molecular complexity index is 444. The lowest BCUT2D eigenvalue weighted by Crippen LogP contribution is -2.47. The van der Waals surface area contributed by atoms with Crippen molar-refractivity contribution >= 4 is 12.0 Å². The lowest BCUT2D eigenvalue weighted by molar-refractivity contribution is -0.138. The molecule has 1 aromatic rings. The van der Waals surface area contributed by atoms with Gasteiger partial charge < -0.3 is 19.7 Å². The number of carboxylic acids is 1. The van der Waals surface area contributed by atoms with E-state index in [1.165, 1.54) is 4.90 Å². The first-order valence-corrected chi connectivity index (χ1v) is 6.11. The minimum Gasteiger partial charge on any atom is -0.480 e. The first kappa shape index (κ1) is 15.0. The molecule has 1 rings (SSSR count). The molecule has 0 fully saturated rings. The van der Waals surface area contributed by atoms with E-state index in [1.54, 1.807) is 20.0 Å². The van der Waals surface area contributed by atoms with Crippen LogP contribution in [0.25, 0.3) is 0 Å². The first-order chi connectivity index (χ1) is 8.93. The highest BCUT2D eigenvalue weighted by Gasteiger charge is 2.21. The molecule has 106 valence electrons. The third-order valence-electron chi connectivity index (χ3n) is 2.75. The molecule has 0 aliphatic heterocycles. The average Bonchev–Trinajstić information content (AvgIpc) is 2.77. The first-order valence-electron chi connectivity index (χ1n) is 6.11. The number of aromatic nitrogens is 1. The number of carboxylic acid groups (broad SMARTS) is 1. The van der Waals surface area contributed by atoms with Gasteiger partial charge in [0, 0.05) is 6.04 Å². The van der Waals surface area contributed by atoms with Gasteiger partial charge in [0.1, 0.15) is 12.3 Å². The Hall–Kier alpha value is -2.05. The second kappa shape index (κ2) is 6.77. The van der Waals surface area contributed by atoms with Crippen LogP contribution in [0.5, 0.6) is 0 Å². The molecule has 0 aliphatic carbocycles. The van der Waals surface area contributed by atoms with E-state index in [4.69, 9.17) is 9.52 Å². The lowest BCUT2D eigenvalue weighted by atomic mass is 10.2. The number of nitrogens with zero attached hydrogens (tertiary/aromatic N) is 2. The topological polar surface area (TPSA) is 95.7 Å². The molecule has 1 unspecified atom stereocenters. The molecule has 0 aromatic carbocycles. The van der Waals surface area contributed by atoms with E-state index in [0.717, 1.165) is 0 Å². The third kappa shape index (κ3) is 4.61. The van der Waals surface area contributed by atoms with E-state index in [0.29, 0.717) is 18.1 Å². The van der Waals surface area contributed by atoms with Crippen LogP contribution in [0.3, 0.4) is 0 Å². The molecule has 1 aromatic heterocycles. The largest absolute Gasteiger partial charge is 0.480 e. The molecule has 7 heteroatoms. The zero-order valence-electron chi connectivity index (χ0n) is 11.3. The SMILES string of the molecule is CCC(C)N(CC(=O)O)C(=O)NCc1ncc(C)o1. The number of aryl methyl sites for hydroxylation is 1. The summed E-state index contributed by atoms with van der Waals surface area (Å²) in [5, 5.41) is 11.4. The summed E-state index contributed by atoms with van der Waals surface area (Å²) >= 11 is 0. The van der Waals surface area contributed by atoms with E-state index in [-0.39, 0.29) is 19.1 Å². The molecule has 1 heterocycles. The van der Waals surface area contributed by atoms with Gasteiger partial charge in [-0.3, -0.25) is 4.79 Å². The van der Waals surface area contributed by atoms with Crippen molar-refractivity contribution in [1.29, 1.82) is 0 Å². The molecule has 0 saturated heterocycles. The van der Waals surface area contributed by atoms with Crippen molar-refractivity contribution in [2.24, 2.45) is 0 Å². The molecular weight excluding hydrogens is 250 g/mol. The number of carbonyl (C=O) groups excluding carboxylic acids is 1. The Balaban J connectivity index is 2.58. The summed E-state index contributed by atoms with van der Waals surface area (Å²) in [5.41, 5.74) is 0. The molecule has 0 bridgehead atoms. The minimum absolute atomic E-state index is 0.138. The zero-order valence-corrected chi connectivity index (χ0v) is 11.3. The van der Waals surface area contributed by atoms with Crippen LogP contribution in [-0.4, -0.2) is 39.6 Å². The third-order valence-corrected chi connectivity index (χ3v) is 2.75. The van der Waals surface area contributed by atoms with E-state index >= 15 is 0 Å². The van der Waals surface area contributed by atoms with Crippen molar-refractivity contribution < 1.29 is 19.1 Å². The van der Waals surface area contributed by atoms with Gasteiger partial charge in [-0.25, -0.2) is 9.78 Å². The summed E-state index contributed by atoms with van der Waals surface area (Å²) in [6.07, 6.45) is 2.24. The van der Waals surface area contributed by atoms with E-state index in [1.807, 2.05) is 6.92 Å². The molecule has 0 aliphatic rings. The smallest absolute Gasteiger partial charge is 0.323 e. The van der Waals surface area contributed by atoms with Crippen molar-refractivity contribution in [2.45, 2.75) is 39.8 Å². The molecule has 7 nitrogen and oxygen atoms in total. The maximum Gasteiger partial charge on any atom is 0.323 e. The second-order valence-corrected chi connectivity index (χ2v) is 4.30. The van der Waals surface area contributed by atoms with Crippen LogP contribution >= 0.6 is 0 Å². The Labute approximate surface area is 111 Å². The van der Waals surface area contributed by atoms with Gasteiger partial charge in [0.05, 0.1) is 12.7 Å². The van der Waals surface area contributed by atoms with Gasteiger partial charge in [-0.2, -0.15) is 0 Å². The van der Waals surface area contributed by atoms with Crippen molar-refractivity contribution in [3.05, 3.63) is 17.8 Å². The van der Waals surface area contributed by atoms with Crippen molar-refractivity contribution in [3.8, 4) is 0 Å². The zero-order chi connectivity index (χ0) is 14.4. The minimum atomic E-state index is -1.04. The van der Waals surface area contributed by atoms with E-state index < -0.39 is 12.0 Å². The van der Waals surface area contributed by atoms with Crippen molar-refractivity contribution in [2.75, 3.05) is 6.54 Å². The fourth-order valence-electron chi connectivity index (χ4n) is 1.53. The van der Waals surface area contributed by atoms with Crippen LogP contribution in [0.1, 0.15) is 31.9 Å². The number of amides is 2. The number of rotatable bonds is 6. The molecule has 2 amide bonds. The van der Waals surface area contributed by atoms with Crippen LogP contribution in [-0.2, 0) is 11.3 Å². The number of carbonyl (C=O) groups is 2. The van der Waals surface area contributed by atoms with E-state index in [2.05, 4.69) is 10.3 Å². The normalized spacial score (nSPS) is 11.9. The van der Waals surface area contributed by atoms with Gasteiger partial charge in [0.15, 0.2) is 0 Å². The summed E-state index contributed by atoms with van der Waals surface area (Å²) in [6, 6.07) is -0.588. The Morgan fingerprint density at radius 2 is 2.26 bits per heavy atom. The number of oxazole rings is 1. The predicted octanol–water partition coefficient (Wildman–Crippen LogP) is 1.38. The summed E-state index contributed by atoms with van der Waals surface area (Å²) in [5.74, 6) is 0.0151.